The fourth-order valence-corrected chi connectivity index (χ4v) is 2.26. The Morgan fingerprint density at radius 2 is 2.00 bits per heavy atom. The van der Waals surface area contributed by atoms with E-state index >= 15 is 0 Å². The third kappa shape index (κ3) is 2.56. The van der Waals surface area contributed by atoms with Crippen LogP contribution in [0.4, 0.5) is 4.39 Å². The van der Waals surface area contributed by atoms with Crippen molar-refractivity contribution in [2.75, 3.05) is 0 Å². The third-order valence-electron chi connectivity index (χ3n) is 3.32. The van der Waals surface area contributed by atoms with Crippen LogP contribution in [0.15, 0.2) is 47.0 Å². The minimum absolute atomic E-state index is 0.0808. The van der Waals surface area contributed by atoms with Gasteiger partial charge in [0.1, 0.15) is 17.3 Å². The van der Waals surface area contributed by atoms with Crippen LogP contribution in [0.3, 0.4) is 0 Å². The lowest BCUT2D eigenvalue weighted by atomic mass is 9.95. The fourth-order valence-electron chi connectivity index (χ4n) is 2.26. The lowest BCUT2D eigenvalue weighted by molar-refractivity contribution is 0.438. The number of hydrogen-bond donors (Lipinski definition) is 1. The quantitative estimate of drug-likeness (QED) is 0.797. The van der Waals surface area contributed by atoms with Crippen LogP contribution in [0.5, 0.6) is 5.75 Å². The zero-order valence-electron chi connectivity index (χ0n) is 11.0. The molecule has 0 fully saturated rings. The van der Waals surface area contributed by atoms with E-state index in [1.165, 1.54) is 24.3 Å². The SMILES string of the molecule is N#CC(Cc1ccc(F)cc1)c1noc2cc(O)ccc12. The van der Waals surface area contributed by atoms with Gasteiger partial charge in [-0.1, -0.05) is 17.3 Å². The molecule has 21 heavy (non-hydrogen) atoms. The third-order valence-corrected chi connectivity index (χ3v) is 3.32. The average molecular weight is 282 g/mol. The van der Waals surface area contributed by atoms with Gasteiger partial charge in [0.25, 0.3) is 0 Å². The fraction of sp³-hybridized carbons (Fsp3) is 0.125. The number of aromatic nitrogens is 1. The molecule has 0 radical (unpaired) electrons. The summed E-state index contributed by atoms with van der Waals surface area (Å²) in [5.74, 6) is -0.729. The first-order chi connectivity index (χ1) is 10.2. The predicted octanol–water partition coefficient (Wildman–Crippen LogP) is 3.52. The molecule has 5 heteroatoms. The molecule has 0 saturated heterocycles. The summed E-state index contributed by atoms with van der Waals surface area (Å²) in [7, 11) is 0. The van der Waals surface area contributed by atoms with Gasteiger partial charge < -0.3 is 9.63 Å². The second-order valence-electron chi connectivity index (χ2n) is 4.76. The Hall–Kier alpha value is -2.87. The number of phenols is 1. The molecule has 2 aromatic carbocycles. The molecule has 0 aliphatic heterocycles. The first kappa shape index (κ1) is 13.1. The maximum atomic E-state index is 12.9. The number of nitriles is 1. The molecule has 1 aromatic heterocycles. The summed E-state index contributed by atoms with van der Waals surface area (Å²) >= 11 is 0. The van der Waals surface area contributed by atoms with Gasteiger partial charge in [0.05, 0.1) is 12.0 Å². The summed E-state index contributed by atoms with van der Waals surface area (Å²) < 4.78 is 18.1. The van der Waals surface area contributed by atoms with Crippen molar-refractivity contribution in [3.63, 3.8) is 0 Å². The molecule has 3 aromatic rings. The number of hydrogen-bond acceptors (Lipinski definition) is 4. The molecule has 1 unspecified atom stereocenters. The maximum Gasteiger partial charge on any atom is 0.170 e. The smallest absolute Gasteiger partial charge is 0.170 e. The van der Waals surface area contributed by atoms with E-state index < -0.39 is 5.92 Å². The zero-order chi connectivity index (χ0) is 14.8. The molecule has 3 rings (SSSR count). The molecule has 0 aliphatic carbocycles. The van der Waals surface area contributed by atoms with Crippen molar-refractivity contribution >= 4 is 11.0 Å². The van der Waals surface area contributed by atoms with E-state index in [1.807, 2.05) is 0 Å². The van der Waals surface area contributed by atoms with Crippen LogP contribution in [0.2, 0.25) is 0 Å². The van der Waals surface area contributed by atoms with Crippen molar-refractivity contribution < 1.29 is 14.0 Å². The summed E-state index contributed by atoms with van der Waals surface area (Å²) in [6.45, 7) is 0. The highest BCUT2D eigenvalue weighted by Crippen LogP contribution is 2.29. The van der Waals surface area contributed by atoms with E-state index in [0.29, 0.717) is 23.1 Å². The Morgan fingerprint density at radius 1 is 1.24 bits per heavy atom. The molecular formula is C16H11FN2O2. The van der Waals surface area contributed by atoms with Crippen molar-refractivity contribution in [1.29, 1.82) is 5.26 Å². The molecule has 1 heterocycles. The summed E-state index contributed by atoms with van der Waals surface area (Å²) in [5.41, 5.74) is 1.80. The number of halogens is 1. The van der Waals surface area contributed by atoms with Crippen LogP contribution in [0, 0.1) is 17.1 Å². The van der Waals surface area contributed by atoms with Crippen LogP contribution in [0.25, 0.3) is 11.0 Å². The van der Waals surface area contributed by atoms with Gasteiger partial charge >= 0.3 is 0 Å². The summed E-state index contributed by atoms with van der Waals surface area (Å²) in [6, 6.07) is 12.9. The minimum atomic E-state index is -0.499. The van der Waals surface area contributed by atoms with E-state index in [1.54, 1.807) is 18.2 Å². The first-order valence-electron chi connectivity index (χ1n) is 6.40. The van der Waals surface area contributed by atoms with Crippen LogP contribution >= 0.6 is 0 Å². The molecule has 0 aliphatic rings. The molecule has 0 saturated carbocycles. The van der Waals surface area contributed by atoms with Crippen LogP contribution < -0.4 is 0 Å². The number of fused-ring (bicyclic) bond motifs is 1. The molecule has 0 amide bonds. The molecule has 0 bridgehead atoms. The second-order valence-corrected chi connectivity index (χ2v) is 4.76. The maximum absolute atomic E-state index is 12.9. The number of nitrogens with zero attached hydrogens (tertiary/aromatic N) is 2. The molecule has 104 valence electrons. The topological polar surface area (TPSA) is 70.0 Å². The van der Waals surface area contributed by atoms with Gasteiger partial charge in [-0.05, 0) is 36.2 Å². The Morgan fingerprint density at radius 3 is 2.71 bits per heavy atom. The molecule has 1 atom stereocenters. The zero-order valence-corrected chi connectivity index (χ0v) is 11.0. The van der Waals surface area contributed by atoms with E-state index in [-0.39, 0.29) is 11.6 Å². The first-order valence-corrected chi connectivity index (χ1v) is 6.40. The Labute approximate surface area is 120 Å². The van der Waals surface area contributed by atoms with Gasteiger partial charge in [-0.2, -0.15) is 5.26 Å². The Balaban J connectivity index is 1.95. The van der Waals surface area contributed by atoms with Gasteiger partial charge in [0, 0.05) is 11.5 Å². The molecular weight excluding hydrogens is 271 g/mol. The van der Waals surface area contributed by atoms with Gasteiger partial charge in [-0.3, -0.25) is 0 Å². The van der Waals surface area contributed by atoms with Crippen LogP contribution in [-0.4, -0.2) is 10.3 Å². The van der Waals surface area contributed by atoms with Gasteiger partial charge in [0.15, 0.2) is 5.58 Å². The monoisotopic (exact) mass is 282 g/mol. The lowest BCUT2D eigenvalue weighted by Crippen LogP contribution is -2.01. The van der Waals surface area contributed by atoms with Gasteiger partial charge in [-0.25, -0.2) is 4.39 Å². The van der Waals surface area contributed by atoms with E-state index in [4.69, 9.17) is 4.52 Å². The van der Waals surface area contributed by atoms with E-state index in [0.717, 1.165) is 5.56 Å². The Bertz CT molecular complexity index is 818. The van der Waals surface area contributed by atoms with Crippen molar-refractivity contribution in [3.05, 3.63) is 59.5 Å². The second kappa shape index (κ2) is 5.25. The Kier molecular flexibility index (Phi) is 3.28. The number of rotatable bonds is 3. The highest BCUT2D eigenvalue weighted by molar-refractivity contribution is 5.81. The average Bonchev–Trinajstić information content (AvgIpc) is 2.89. The highest BCUT2D eigenvalue weighted by atomic mass is 19.1. The number of phenolic OH excluding ortho intramolecular Hbond substituents is 1. The predicted molar refractivity (Wildman–Crippen MR) is 74.1 cm³/mol. The van der Waals surface area contributed by atoms with Crippen molar-refractivity contribution in [2.45, 2.75) is 12.3 Å². The number of aromatic hydroxyl groups is 1. The summed E-state index contributed by atoms with van der Waals surface area (Å²) in [4.78, 5) is 0. The molecule has 4 nitrogen and oxygen atoms in total. The van der Waals surface area contributed by atoms with Crippen LogP contribution in [-0.2, 0) is 6.42 Å². The largest absolute Gasteiger partial charge is 0.508 e. The van der Waals surface area contributed by atoms with Gasteiger partial charge in [-0.15, -0.1) is 0 Å². The standard InChI is InChI=1S/C16H11FN2O2/c17-12-3-1-10(2-4-12)7-11(9-18)16-14-6-5-13(20)8-15(14)21-19-16/h1-6,8,11,20H,7H2. The molecule has 1 N–H and O–H groups in total. The molecule has 0 spiro atoms. The van der Waals surface area contributed by atoms with Crippen molar-refractivity contribution in [3.8, 4) is 11.8 Å². The minimum Gasteiger partial charge on any atom is -0.508 e. The van der Waals surface area contributed by atoms with E-state index in [9.17, 15) is 14.8 Å². The normalized spacial score (nSPS) is 12.2. The van der Waals surface area contributed by atoms with Crippen LogP contribution in [0.1, 0.15) is 17.2 Å². The summed E-state index contributed by atoms with van der Waals surface area (Å²) in [5, 5.41) is 23.4. The van der Waals surface area contributed by atoms with Gasteiger partial charge in [0.2, 0.25) is 0 Å². The highest BCUT2D eigenvalue weighted by Gasteiger charge is 2.19. The van der Waals surface area contributed by atoms with Crippen molar-refractivity contribution in [2.24, 2.45) is 0 Å². The number of benzene rings is 2. The van der Waals surface area contributed by atoms with Crippen molar-refractivity contribution in [1.82, 2.24) is 5.16 Å². The summed E-state index contributed by atoms with van der Waals surface area (Å²) in [6.07, 6.45) is 0.416. The van der Waals surface area contributed by atoms with E-state index in [2.05, 4.69) is 11.2 Å². The lowest BCUT2D eigenvalue weighted by Gasteiger charge is -2.06.